The van der Waals surface area contributed by atoms with Crippen molar-refractivity contribution in [3.05, 3.63) is 42.6 Å². The van der Waals surface area contributed by atoms with E-state index >= 15 is 0 Å². The van der Waals surface area contributed by atoms with E-state index < -0.39 is 0 Å². The Morgan fingerprint density at radius 2 is 1.93 bits per heavy atom. The molecule has 0 saturated carbocycles. The molecule has 2 heterocycles. The van der Waals surface area contributed by atoms with Crippen LogP contribution < -0.4 is 5.32 Å². The molecular weight excluding hydrogens is 360 g/mol. The Morgan fingerprint density at radius 1 is 1.19 bits per heavy atom. The van der Waals surface area contributed by atoms with Crippen molar-refractivity contribution in [2.75, 3.05) is 5.32 Å². The molecule has 0 aliphatic heterocycles. The molecule has 0 saturated heterocycles. The molecule has 0 unspecified atom stereocenters. The first-order chi connectivity index (χ1) is 13.0. The zero-order chi connectivity index (χ0) is 19.4. The zero-order valence-electron chi connectivity index (χ0n) is 16.0. The van der Waals surface area contributed by atoms with Gasteiger partial charge in [-0.2, -0.15) is 5.10 Å². The molecule has 0 bridgehead atoms. The van der Waals surface area contributed by atoms with Crippen LogP contribution in [-0.4, -0.2) is 35.7 Å². The molecule has 1 aromatic carbocycles. The highest BCUT2D eigenvalue weighted by Crippen LogP contribution is 2.26. The number of thioether (sulfide) groups is 1. The van der Waals surface area contributed by atoms with Crippen molar-refractivity contribution in [1.82, 2.24) is 24.5 Å². The summed E-state index contributed by atoms with van der Waals surface area (Å²) in [5, 5.41) is 16.2. The molecule has 27 heavy (non-hydrogen) atoms. The van der Waals surface area contributed by atoms with Gasteiger partial charge in [0.2, 0.25) is 5.91 Å². The third-order valence-electron chi connectivity index (χ3n) is 4.45. The lowest BCUT2D eigenvalue weighted by atomic mass is 10.2. The maximum Gasteiger partial charge on any atom is 0.238 e. The fourth-order valence-corrected chi connectivity index (χ4v) is 3.45. The molecule has 0 aliphatic carbocycles. The number of nitrogens with zero attached hydrogens (tertiary/aromatic N) is 5. The molecule has 0 spiro atoms. The molecule has 3 rings (SSSR count). The standard InChI is InChI=1S/C19H24N6OS/c1-5-13(2)25-16(11-12-20-25)21-18(26)14(3)27-19-23-22-17(24(19)4)15-9-7-6-8-10-15/h6-14H,5H2,1-4H3,(H,21,26)/t13-,14+/m1/s1. The van der Waals surface area contributed by atoms with Crippen LogP contribution in [0.15, 0.2) is 47.8 Å². The molecule has 0 radical (unpaired) electrons. The summed E-state index contributed by atoms with van der Waals surface area (Å²) in [6.45, 7) is 6.03. The van der Waals surface area contributed by atoms with Crippen molar-refractivity contribution in [2.45, 2.75) is 43.6 Å². The van der Waals surface area contributed by atoms with Gasteiger partial charge in [-0.1, -0.05) is 49.0 Å². The van der Waals surface area contributed by atoms with Gasteiger partial charge in [-0.05, 0) is 20.3 Å². The fourth-order valence-electron chi connectivity index (χ4n) is 2.63. The lowest BCUT2D eigenvalue weighted by Gasteiger charge is -2.16. The minimum Gasteiger partial charge on any atom is -0.310 e. The third kappa shape index (κ3) is 4.21. The molecular formula is C19H24N6OS. The van der Waals surface area contributed by atoms with E-state index in [2.05, 4.69) is 34.5 Å². The number of amides is 1. The molecule has 2 atom stereocenters. The van der Waals surface area contributed by atoms with Crippen LogP contribution in [-0.2, 0) is 11.8 Å². The Balaban J connectivity index is 1.69. The van der Waals surface area contributed by atoms with Crippen LogP contribution in [0.4, 0.5) is 5.82 Å². The van der Waals surface area contributed by atoms with Gasteiger partial charge < -0.3 is 9.88 Å². The number of carbonyl (C=O) groups excluding carboxylic acids is 1. The van der Waals surface area contributed by atoms with Gasteiger partial charge in [0.25, 0.3) is 0 Å². The molecule has 7 nitrogen and oxygen atoms in total. The van der Waals surface area contributed by atoms with Crippen LogP contribution in [0.2, 0.25) is 0 Å². The van der Waals surface area contributed by atoms with Crippen LogP contribution in [0.25, 0.3) is 11.4 Å². The zero-order valence-corrected chi connectivity index (χ0v) is 16.8. The maximum absolute atomic E-state index is 12.6. The topological polar surface area (TPSA) is 77.6 Å². The Labute approximate surface area is 163 Å². The second kappa shape index (κ2) is 8.39. The first-order valence-electron chi connectivity index (χ1n) is 8.97. The smallest absolute Gasteiger partial charge is 0.238 e. The molecule has 2 aromatic heterocycles. The predicted octanol–water partition coefficient (Wildman–Crippen LogP) is 3.77. The van der Waals surface area contributed by atoms with Gasteiger partial charge in [0, 0.05) is 18.7 Å². The van der Waals surface area contributed by atoms with Gasteiger partial charge in [-0.3, -0.25) is 4.79 Å². The quantitative estimate of drug-likeness (QED) is 0.628. The van der Waals surface area contributed by atoms with Gasteiger partial charge in [-0.25, -0.2) is 4.68 Å². The van der Waals surface area contributed by atoms with E-state index in [4.69, 9.17) is 0 Å². The minimum absolute atomic E-state index is 0.0886. The van der Waals surface area contributed by atoms with E-state index in [-0.39, 0.29) is 17.2 Å². The lowest BCUT2D eigenvalue weighted by Crippen LogP contribution is -2.25. The Morgan fingerprint density at radius 3 is 2.63 bits per heavy atom. The van der Waals surface area contributed by atoms with Gasteiger partial charge in [0.05, 0.1) is 17.5 Å². The lowest BCUT2D eigenvalue weighted by molar-refractivity contribution is -0.115. The first kappa shape index (κ1) is 19.2. The van der Waals surface area contributed by atoms with Crippen molar-refractivity contribution in [2.24, 2.45) is 7.05 Å². The van der Waals surface area contributed by atoms with Crippen LogP contribution in [0.3, 0.4) is 0 Å². The highest BCUT2D eigenvalue weighted by atomic mass is 32.2. The number of nitrogens with one attached hydrogen (secondary N) is 1. The second-order valence-electron chi connectivity index (χ2n) is 6.40. The molecule has 8 heteroatoms. The summed E-state index contributed by atoms with van der Waals surface area (Å²) in [5.41, 5.74) is 0.994. The number of anilines is 1. The summed E-state index contributed by atoms with van der Waals surface area (Å²) >= 11 is 1.38. The van der Waals surface area contributed by atoms with Gasteiger partial charge in [0.1, 0.15) is 5.82 Å². The Hall–Kier alpha value is -2.61. The van der Waals surface area contributed by atoms with Crippen molar-refractivity contribution < 1.29 is 4.79 Å². The van der Waals surface area contributed by atoms with Crippen molar-refractivity contribution in [3.63, 3.8) is 0 Å². The molecule has 142 valence electrons. The third-order valence-corrected chi connectivity index (χ3v) is 5.58. The highest BCUT2D eigenvalue weighted by Gasteiger charge is 2.21. The fraction of sp³-hybridized carbons (Fsp3) is 0.368. The number of benzene rings is 1. The number of rotatable bonds is 7. The normalized spacial score (nSPS) is 13.3. The first-order valence-corrected chi connectivity index (χ1v) is 9.85. The van der Waals surface area contributed by atoms with E-state index in [1.165, 1.54) is 11.8 Å². The molecule has 0 fully saturated rings. The monoisotopic (exact) mass is 384 g/mol. The highest BCUT2D eigenvalue weighted by molar-refractivity contribution is 8.00. The van der Waals surface area contributed by atoms with Crippen molar-refractivity contribution >= 4 is 23.5 Å². The van der Waals surface area contributed by atoms with Crippen LogP contribution >= 0.6 is 11.8 Å². The van der Waals surface area contributed by atoms with Crippen molar-refractivity contribution in [3.8, 4) is 11.4 Å². The summed E-state index contributed by atoms with van der Waals surface area (Å²) in [5.74, 6) is 1.40. The Kier molecular flexibility index (Phi) is 5.95. The van der Waals surface area contributed by atoms with E-state index in [1.54, 1.807) is 6.20 Å². The van der Waals surface area contributed by atoms with E-state index in [9.17, 15) is 4.79 Å². The number of carbonyl (C=O) groups is 1. The van der Waals surface area contributed by atoms with Gasteiger partial charge in [0.15, 0.2) is 11.0 Å². The largest absolute Gasteiger partial charge is 0.310 e. The number of hydrogen-bond donors (Lipinski definition) is 1. The second-order valence-corrected chi connectivity index (χ2v) is 7.71. The predicted molar refractivity (Wildman–Crippen MR) is 108 cm³/mol. The molecule has 1 amide bonds. The van der Waals surface area contributed by atoms with Crippen LogP contribution in [0, 0.1) is 0 Å². The Bertz CT molecular complexity index is 904. The summed E-state index contributed by atoms with van der Waals surface area (Å²) in [6, 6.07) is 11.9. The number of hydrogen-bond acceptors (Lipinski definition) is 5. The van der Waals surface area contributed by atoms with Crippen molar-refractivity contribution in [1.29, 1.82) is 0 Å². The maximum atomic E-state index is 12.6. The molecule has 1 N–H and O–H groups in total. The van der Waals surface area contributed by atoms with E-state index in [0.717, 1.165) is 17.8 Å². The summed E-state index contributed by atoms with van der Waals surface area (Å²) in [6.07, 6.45) is 2.64. The summed E-state index contributed by atoms with van der Waals surface area (Å²) < 4.78 is 3.75. The SMILES string of the molecule is CC[C@@H](C)n1nccc1NC(=O)[C@H](C)Sc1nnc(-c2ccccc2)n1C. The average Bonchev–Trinajstić information content (AvgIpc) is 3.29. The van der Waals surface area contributed by atoms with Gasteiger partial charge >= 0.3 is 0 Å². The van der Waals surface area contributed by atoms with Crippen LogP contribution in [0.1, 0.15) is 33.2 Å². The van der Waals surface area contributed by atoms with E-state index in [1.807, 2.05) is 59.6 Å². The summed E-state index contributed by atoms with van der Waals surface area (Å²) in [4.78, 5) is 12.6. The summed E-state index contributed by atoms with van der Waals surface area (Å²) in [7, 11) is 1.91. The molecule has 0 aliphatic rings. The van der Waals surface area contributed by atoms with E-state index in [0.29, 0.717) is 11.0 Å². The number of aromatic nitrogens is 5. The average molecular weight is 385 g/mol. The molecule has 3 aromatic rings. The van der Waals surface area contributed by atoms with Crippen LogP contribution in [0.5, 0.6) is 0 Å². The minimum atomic E-state index is -0.322. The van der Waals surface area contributed by atoms with Gasteiger partial charge in [-0.15, -0.1) is 10.2 Å².